The van der Waals surface area contributed by atoms with Gasteiger partial charge in [-0.1, -0.05) is 44.1 Å². The van der Waals surface area contributed by atoms with Gasteiger partial charge in [-0.15, -0.1) is 0 Å². The Bertz CT molecular complexity index is 629. The van der Waals surface area contributed by atoms with Crippen LogP contribution in [0.15, 0.2) is 36.4 Å². The van der Waals surface area contributed by atoms with Crippen LogP contribution in [-0.4, -0.2) is 5.97 Å². The van der Waals surface area contributed by atoms with Gasteiger partial charge in [0.25, 0.3) is 0 Å². The van der Waals surface area contributed by atoms with Crippen molar-refractivity contribution in [1.29, 1.82) is 0 Å². The molecule has 2 aliphatic carbocycles. The average molecular weight is 397 g/mol. The maximum Gasteiger partial charge on any atom is 0.314 e. The largest absolute Gasteiger partial charge is 0.426 e. The van der Waals surface area contributed by atoms with Gasteiger partial charge >= 0.3 is 5.97 Å². The Morgan fingerprint density at radius 1 is 0.931 bits per heavy atom. The van der Waals surface area contributed by atoms with Crippen LogP contribution in [0.1, 0.15) is 102 Å². The van der Waals surface area contributed by atoms with Crippen LogP contribution in [0.5, 0.6) is 5.75 Å². The third-order valence-corrected chi connectivity index (χ3v) is 7.27. The topological polar surface area (TPSA) is 26.3 Å². The first-order valence-corrected chi connectivity index (χ1v) is 12.1. The number of allylic oxidation sites excluding steroid dienone is 2. The van der Waals surface area contributed by atoms with E-state index in [4.69, 9.17) is 4.74 Å². The highest BCUT2D eigenvalue weighted by Gasteiger charge is 2.27. The summed E-state index contributed by atoms with van der Waals surface area (Å²) in [5.74, 6) is 3.19. The summed E-state index contributed by atoms with van der Waals surface area (Å²) in [6, 6.07) is 8.39. The number of hydrogen-bond donors (Lipinski definition) is 0. The van der Waals surface area contributed by atoms with Gasteiger partial charge in [-0.25, -0.2) is 0 Å². The van der Waals surface area contributed by atoms with Crippen molar-refractivity contribution in [3.63, 3.8) is 0 Å². The second-order valence-corrected chi connectivity index (χ2v) is 9.36. The zero-order valence-corrected chi connectivity index (χ0v) is 18.6. The van der Waals surface area contributed by atoms with Crippen molar-refractivity contribution in [2.24, 2.45) is 17.8 Å². The Morgan fingerprint density at radius 3 is 2.17 bits per heavy atom. The minimum atomic E-state index is -0.0191. The lowest BCUT2D eigenvalue weighted by Gasteiger charge is -2.29. The molecule has 0 N–H and O–H groups in total. The molecule has 2 aliphatic rings. The number of benzene rings is 1. The van der Waals surface area contributed by atoms with Crippen LogP contribution in [0.2, 0.25) is 0 Å². The van der Waals surface area contributed by atoms with Gasteiger partial charge < -0.3 is 4.74 Å². The van der Waals surface area contributed by atoms with E-state index in [1.165, 1.54) is 69.8 Å². The van der Waals surface area contributed by atoms with Gasteiger partial charge in [0, 0.05) is 0 Å². The quantitative estimate of drug-likeness (QED) is 0.254. The van der Waals surface area contributed by atoms with E-state index in [0.29, 0.717) is 5.92 Å². The fraction of sp³-hybridized carbons (Fsp3) is 0.667. The molecule has 160 valence electrons. The molecular formula is C27H40O2. The number of carbonyl (C=O) groups is 1. The lowest BCUT2D eigenvalue weighted by atomic mass is 9.77. The van der Waals surface area contributed by atoms with Crippen molar-refractivity contribution in [2.75, 3.05) is 0 Å². The average Bonchev–Trinajstić information content (AvgIpc) is 2.76. The van der Waals surface area contributed by atoms with Crippen molar-refractivity contribution < 1.29 is 9.53 Å². The number of rotatable bonds is 8. The Hall–Kier alpha value is -1.57. The molecule has 0 spiro atoms. The second kappa shape index (κ2) is 11.6. The van der Waals surface area contributed by atoms with E-state index in [1.807, 2.05) is 12.1 Å². The number of ether oxygens (including phenoxy) is 1. The van der Waals surface area contributed by atoms with E-state index in [-0.39, 0.29) is 11.9 Å². The Labute approximate surface area is 178 Å². The highest BCUT2D eigenvalue weighted by Crippen LogP contribution is 2.38. The van der Waals surface area contributed by atoms with E-state index in [9.17, 15) is 4.79 Å². The van der Waals surface area contributed by atoms with Crippen molar-refractivity contribution in [1.82, 2.24) is 0 Å². The SMILES string of the molecule is C/C=C/CC[C@H]1CC[C@H](c2ccc(OC(=O)[C@H]3CC[C@H](CCC)CC3)cc2)CC1. The minimum Gasteiger partial charge on any atom is -0.426 e. The van der Waals surface area contributed by atoms with Gasteiger partial charge in [-0.05, 0) is 107 Å². The first-order chi connectivity index (χ1) is 14.2. The fourth-order valence-corrected chi connectivity index (χ4v) is 5.39. The molecule has 2 heteroatoms. The Morgan fingerprint density at radius 2 is 1.55 bits per heavy atom. The van der Waals surface area contributed by atoms with Crippen molar-refractivity contribution >= 4 is 5.97 Å². The summed E-state index contributed by atoms with van der Waals surface area (Å²) in [7, 11) is 0. The second-order valence-electron chi connectivity index (χ2n) is 9.36. The van der Waals surface area contributed by atoms with Crippen LogP contribution in [0.25, 0.3) is 0 Å². The van der Waals surface area contributed by atoms with Crippen LogP contribution in [-0.2, 0) is 4.79 Å². The molecule has 0 unspecified atom stereocenters. The standard InChI is InChI=1S/C27H40O2/c1-3-5-6-8-22-9-13-23(14-10-22)24-17-19-26(20-18-24)29-27(28)25-15-11-21(7-4-2)12-16-25/h3,5,17-23,25H,4,6-16H2,1-2H3/b5-3+/t21-,22-,23-,25-. The van der Waals surface area contributed by atoms with Gasteiger partial charge in [0.15, 0.2) is 0 Å². The molecule has 0 atom stereocenters. The van der Waals surface area contributed by atoms with Crippen molar-refractivity contribution in [3.8, 4) is 5.75 Å². The molecule has 0 bridgehead atoms. The van der Waals surface area contributed by atoms with Crippen molar-refractivity contribution in [3.05, 3.63) is 42.0 Å². The summed E-state index contributed by atoms with van der Waals surface area (Å²) in [5.41, 5.74) is 1.41. The fourth-order valence-electron chi connectivity index (χ4n) is 5.39. The molecule has 2 saturated carbocycles. The molecule has 2 nitrogen and oxygen atoms in total. The van der Waals surface area contributed by atoms with Crippen LogP contribution in [0.4, 0.5) is 0 Å². The Kier molecular flexibility index (Phi) is 8.83. The summed E-state index contributed by atoms with van der Waals surface area (Å²) in [6.07, 6.45) is 19.2. The van der Waals surface area contributed by atoms with Crippen LogP contribution in [0, 0.1) is 17.8 Å². The molecule has 1 aromatic rings. The summed E-state index contributed by atoms with van der Waals surface area (Å²) >= 11 is 0. The third-order valence-electron chi connectivity index (χ3n) is 7.27. The normalized spacial score (nSPS) is 27.8. The lowest BCUT2D eigenvalue weighted by molar-refractivity contribution is -0.140. The van der Waals surface area contributed by atoms with Crippen LogP contribution in [0.3, 0.4) is 0 Å². The molecule has 0 radical (unpaired) electrons. The summed E-state index contributed by atoms with van der Waals surface area (Å²) in [5, 5.41) is 0. The number of carbonyl (C=O) groups excluding carboxylic acids is 1. The zero-order chi connectivity index (χ0) is 20.5. The number of esters is 1. The molecule has 0 aromatic heterocycles. The van der Waals surface area contributed by atoms with Crippen LogP contribution >= 0.6 is 0 Å². The maximum absolute atomic E-state index is 12.5. The predicted octanol–water partition coefficient (Wildman–Crippen LogP) is 7.83. The predicted molar refractivity (Wildman–Crippen MR) is 121 cm³/mol. The monoisotopic (exact) mass is 396 g/mol. The lowest BCUT2D eigenvalue weighted by Crippen LogP contribution is -2.25. The molecule has 29 heavy (non-hydrogen) atoms. The van der Waals surface area contributed by atoms with Gasteiger partial charge in [-0.3, -0.25) is 4.79 Å². The summed E-state index contributed by atoms with van der Waals surface area (Å²) in [4.78, 5) is 12.5. The molecule has 2 fully saturated rings. The van der Waals surface area contributed by atoms with E-state index < -0.39 is 0 Å². The molecule has 0 saturated heterocycles. The first kappa shape index (κ1) is 22.1. The van der Waals surface area contributed by atoms with Crippen molar-refractivity contribution in [2.45, 2.75) is 96.8 Å². The first-order valence-electron chi connectivity index (χ1n) is 12.1. The zero-order valence-electron chi connectivity index (χ0n) is 18.6. The van der Waals surface area contributed by atoms with Gasteiger partial charge in [-0.2, -0.15) is 0 Å². The summed E-state index contributed by atoms with van der Waals surface area (Å²) < 4.78 is 5.72. The van der Waals surface area contributed by atoms with E-state index in [1.54, 1.807) is 0 Å². The minimum absolute atomic E-state index is 0.0191. The van der Waals surface area contributed by atoms with Gasteiger partial charge in [0.05, 0.1) is 5.92 Å². The molecule has 0 amide bonds. The number of hydrogen-bond acceptors (Lipinski definition) is 2. The highest BCUT2D eigenvalue weighted by atomic mass is 16.5. The van der Waals surface area contributed by atoms with E-state index in [2.05, 4.69) is 38.1 Å². The molecule has 0 heterocycles. The Balaban J connectivity index is 1.43. The molecule has 0 aliphatic heterocycles. The van der Waals surface area contributed by atoms with E-state index >= 15 is 0 Å². The summed E-state index contributed by atoms with van der Waals surface area (Å²) in [6.45, 7) is 4.36. The smallest absolute Gasteiger partial charge is 0.314 e. The molecule has 3 rings (SSSR count). The molecule has 1 aromatic carbocycles. The van der Waals surface area contributed by atoms with Gasteiger partial charge in [0.2, 0.25) is 0 Å². The third kappa shape index (κ3) is 6.73. The highest BCUT2D eigenvalue weighted by molar-refractivity contribution is 5.75. The van der Waals surface area contributed by atoms with Gasteiger partial charge in [0.1, 0.15) is 5.75 Å². The van der Waals surface area contributed by atoms with E-state index in [0.717, 1.165) is 30.4 Å². The molecular weight excluding hydrogens is 356 g/mol. The van der Waals surface area contributed by atoms with Crippen LogP contribution < -0.4 is 4.74 Å². The maximum atomic E-state index is 12.5.